The van der Waals surface area contributed by atoms with Gasteiger partial charge >= 0.3 is 0 Å². The van der Waals surface area contributed by atoms with Crippen molar-refractivity contribution in [2.75, 3.05) is 18.3 Å². The summed E-state index contributed by atoms with van der Waals surface area (Å²) in [5, 5.41) is 0. The van der Waals surface area contributed by atoms with E-state index in [2.05, 4.69) is 4.72 Å². The van der Waals surface area contributed by atoms with Crippen LogP contribution in [-0.4, -0.2) is 32.8 Å². The van der Waals surface area contributed by atoms with E-state index >= 15 is 0 Å². The standard InChI is InChI=1S/C18H21FN2O3S/c1-13(2)12-21(3)18(22)14-5-4-6-17(11-14)25(23,24)20-16-9-7-15(19)8-10-16/h4-11,13,20H,12H2,1-3H3. The molecule has 2 rings (SSSR count). The Morgan fingerprint density at radius 2 is 1.80 bits per heavy atom. The molecular weight excluding hydrogens is 343 g/mol. The van der Waals surface area contributed by atoms with E-state index in [1.54, 1.807) is 18.0 Å². The number of hydrogen-bond donors (Lipinski definition) is 1. The second kappa shape index (κ2) is 7.65. The zero-order valence-electron chi connectivity index (χ0n) is 14.4. The quantitative estimate of drug-likeness (QED) is 0.855. The fraction of sp³-hybridized carbons (Fsp3) is 0.278. The zero-order chi connectivity index (χ0) is 18.6. The highest BCUT2D eigenvalue weighted by Crippen LogP contribution is 2.18. The maximum atomic E-state index is 12.9. The van der Waals surface area contributed by atoms with E-state index in [0.29, 0.717) is 18.0 Å². The monoisotopic (exact) mass is 364 g/mol. The summed E-state index contributed by atoms with van der Waals surface area (Å²) in [5.41, 5.74) is 0.542. The minimum atomic E-state index is -3.87. The number of benzene rings is 2. The Morgan fingerprint density at radius 1 is 1.16 bits per heavy atom. The van der Waals surface area contributed by atoms with Crippen molar-refractivity contribution in [2.24, 2.45) is 5.92 Å². The molecule has 0 fully saturated rings. The Balaban J connectivity index is 2.24. The molecule has 1 amide bonds. The molecular formula is C18H21FN2O3S. The Kier molecular flexibility index (Phi) is 5.79. The first-order chi connectivity index (χ1) is 11.7. The summed E-state index contributed by atoms with van der Waals surface area (Å²) in [5.74, 6) is -0.391. The number of anilines is 1. The van der Waals surface area contributed by atoms with Crippen LogP contribution in [0.5, 0.6) is 0 Å². The number of hydrogen-bond acceptors (Lipinski definition) is 3. The van der Waals surface area contributed by atoms with E-state index < -0.39 is 15.8 Å². The summed E-state index contributed by atoms with van der Waals surface area (Å²) in [6.07, 6.45) is 0. The molecule has 0 heterocycles. The molecule has 0 radical (unpaired) electrons. The summed E-state index contributed by atoms with van der Waals surface area (Å²) >= 11 is 0. The number of nitrogens with one attached hydrogen (secondary N) is 1. The molecule has 1 N–H and O–H groups in total. The second-order valence-corrected chi connectivity index (χ2v) is 7.90. The van der Waals surface area contributed by atoms with Crippen LogP contribution in [0.3, 0.4) is 0 Å². The van der Waals surface area contributed by atoms with Gasteiger partial charge in [0.1, 0.15) is 5.82 Å². The second-order valence-electron chi connectivity index (χ2n) is 6.22. The lowest BCUT2D eigenvalue weighted by Gasteiger charge is -2.19. The molecule has 5 nitrogen and oxygen atoms in total. The van der Waals surface area contributed by atoms with Gasteiger partial charge in [-0.05, 0) is 48.4 Å². The van der Waals surface area contributed by atoms with Gasteiger partial charge in [-0.25, -0.2) is 12.8 Å². The third-order valence-corrected chi connectivity index (χ3v) is 4.85. The van der Waals surface area contributed by atoms with Gasteiger partial charge < -0.3 is 4.90 Å². The van der Waals surface area contributed by atoms with E-state index in [-0.39, 0.29) is 16.5 Å². The maximum absolute atomic E-state index is 12.9. The van der Waals surface area contributed by atoms with Gasteiger partial charge in [0, 0.05) is 24.8 Å². The number of rotatable bonds is 6. The average Bonchev–Trinajstić information content (AvgIpc) is 2.55. The molecule has 0 saturated heterocycles. The number of sulfonamides is 1. The number of nitrogens with zero attached hydrogens (tertiary/aromatic N) is 1. The van der Waals surface area contributed by atoms with Crippen molar-refractivity contribution in [3.63, 3.8) is 0 Å². The van der Waals surface area contributed by atoms with Crippen LogP contribution < -0.4 is 4.72 Å². The van der Waals surface area contributed by atoms with Crippen LogP contribution in [0.15, 0.2) is 53.4 Å². The molecule has 2 aromatic rings. The molecule has 0 saturated carbocycles. The van der Waals surface area contributed by atoms with Crippen LogP contribution in [0.4, 0.5) is 10.1 Å². The van der Waals surface area contributed by atoms with E-state index in [1.807, 2.05) is 13.8 Å². The average molecular weight is 364 g/mol. The summed E-state index contributed by atoms with van der Waals surface area (Å²) < 4.78 is 40.3. The fourth-order valence-electron chi connectivity index (χ4n) is 2.38. The molecule has 0 aliphatic rings. The molecule has 25 heavy (non-hydrogen) atoms. The van der Waals surface area contributed by atoms with Gasteiger partial charge in [0.25, 0.3) is 15.9 Å². The zero-order valence-corrected chi connectivity index (χ0v) is 15.2. The largest absolute Gasteiger partial charge is 0.341 e. The highest BCUT2D eigenvalue weighted by molar-refractivity contribution is 7.92. The third-order valence-electron chi connectivity index (χ3n) is 3.47. The Labute approximate surface area is 147 Å². The lowest BCUT2D eigenvalue weighted by molar-refractivity contribution is 0.0779. The van der Waals surface area contributed by atoms with Crippen molar-refractivity contribution in [1.29, 1.82) is 0 Å². The minimum absolute atomic E-state index is 0.0272. The summed E-state index contributed by atoms with van der Waals surface area (Å²) in [6.45, 7) is 4.57. The highest BCUT2D eigenvalue weighted by atomic mass is 32.2. The maximum Gasteiger partial charge on any atom is 0.261 e. The van der Waals surface area contributed by atoms with Gasteiger partial charge in [-0.2, -0.15) is 0 Å². The van der Waals surface area contributed by atoms with E-state index in [0.717, 1.165) is 0 Å². The summed E-state index contributed by atoms with van der Waals surface area (Å²) in [7, 11) is -2.19. The minimum Gasteiger partial charge on any atom is -0.341 e. The predicted molar refractivity (Wildman–Crippen MR) is 95.4 cm³/mol. The van der Waals surface area contributed by atoms with Crippen LogP contribution in [0.2, 0.25) is 0 Å². The SMILES string of the molecule is CC(C)CN(C)C(=O)c1cccc(S(=O)(=O)Nc2ccc(F)cc2)c1. The highest BCUT2D eigenvalue weighted by Gasteiger charge is 2.18. The van der Waals surface area contributed by atoms with Crippen molar-refractivity contribution in [3.05, 3.63) is 59.9 Å². The number of amides is 1. The summed E-state index contributed by atoms with van der Waals surface area (Å²) in [6, 6.07) is 10.8. The van der Waals surface area contributed by atoms with Gasteiger partial charge in [0.05, 0.1) is 4.90 Å². The van der Waals surface area contributed by atoms with Gasteiger partial charge in [-0.1, -0.05) is 19.9 Å². The number of carbonyl (C=O) groups is 1. The molecule has 134 valence electrons. The van der Waals surface area contributed by atoms with Crippen LogP contribution in [-0.2, 0) is 10.0 Å². The Hall–Kier alpha value is -2.41. The molecule has 7 heteroatoms. The molecule has 2 aromatic carbocycles. The van der Waals surface area contributed by atoms with Crippen LogP contribution in [0.25, 0.3) is 0 Å². The van der Waals surface area contributed by atoms with Crippen molar-refractivity contribution in [3.8, 4) is 0 Å². The Bertz CT molecular complexity index is 849. The lowest BCUT2D eigenvalue weighted by Crippen LogP contribution is -2.30. The predicted octanol–water partition coefficient (Wildman–Crippen LogP) is 3.35. The topological polar surface area (TPSA) is 66.5 Å². The molecule has 0 bridgehead atoms. The van der Waals surface area contributed by atoms with Gasteiger partial charge in [-0.3, -0.25) is 9.52 Å². The smallest absolute Gasteiger partial charge is 0.261 e. The fourth-order valence-corrected chi connectivity index (χ4v) is 3.48. The van der Waals surface area contributed by atoms with Gasteiger partial charge in [0.15, 0.2) is 0 Å². The molecule has 0 atom stereocenters. The lowest BCUT2D eigenvalue weighted by atomic mass is 10.1. The van der Waals surface area contributed by atoms with Crippen molar-refractivity contribution < 1.29 is 17.6 Å². The first-order valence-electron chi connectivity index (χ1n) is 7.83. The van der Waals surface area contributed by atoms with Crippen LogP contribution >= 0.6 is 0 Å². The Morgan fingerprint density at radius 3 is 2.40 bits per heavy atom. The van der Waals surface area contributed by atoms with Crippen molar-refractivity contribution >= 4 is 21.6 Å². The number of carbonyl (C=O) groups excluding carboxylic acids is 1. The molecule has 0 spiro atoms. The summed E-state index contributed by atoms with van der Waals surface area (Å²) in [4.78, 5) is 14.0. The first-order valence-corrected chi connectivity index (χ1v) is 9.31. The number of halogens is 1. The van der Waals surface area contributed by atoms with E-state index in [1.165, 1.54) is 42.5 Å². The molecule has 0 aliphatic carbocycles. The molecule has 0 unspecified atom stereocenters. The van der Waals surface area contributed by atoms with Gasteiger partial charge in [-0.15, -0.1) is 0 Å². The van der Waals surface area contributed by atoms with E-state index in [4.69, 9.17) is 0 Å². The molecule has 0 aromatic heterocycles. The van der Waals surface area contributed by atoms with Crippen molar-refractivity contribution in [1.82, 2.24) is 4.90 Å². The van der Waals surface area contributed by atoms with Crippen molar-refractivity contribution in [2.45, 2.75) is 18.7 Å². The third kappa shape index (κ3) is 5.03. The molecule has 0 aliphatic heterocycles. The normalized spacial score (nSPS) is 11.4. The van der Waals surface area contributed by atoms with Gasteiger partial charge in [0.2, 0.25) is 0 Å². The van der Waals surface area contributed by atoms with E-state index in [9.17, 15) is 17.6 Å². The van der Waals surface area contributed by atoms with Crippen LogP contribution in [0.1, 0.15) is 24.2 Å². The first kappa shape index (κ1) is 18.9. The van der Waals surface area contributed by atoms with Crippen LogP contribution in [0, 0.1) is 11.7 Å².